The molecule has 1 saturated carbocycles. The van der Waals surface area contributed by atoms with Crippen LogP contribution in [0.2, 0.25) is 0 Å². The molecule has 1 aromatic heterocycles. The van der Waals surface area contributed by atoms with Gasteiger partial charge >= 0.3 is 5.69 Å². The van der Waals surface area contributed by atoms with E-state index >= 15 is 0 Å². The summed E-state index contributed by atoms with van der Waals surface area (Å²) in [5.41, 5.74) is 7.69. The van der Waals surface area contributed by atoms with Gasteiger partial charge in [0.15, 0.2) is 6.10 Å². The lowest BCUT2D eigenvalue weighted by Gasteiger charge is -2.34. The number of nitrogens with one attached hydrogen (secondary N) is 2. The number of ether oxygens (including phenoxy) is 1. The van der Waals surface area contributed by atoms with E-state index in [0.717, 1.165) is 30.4 Å². The second kappa shape index (κ2) is 14.8. The van der Waals surface area contributed by atoms with E-state index in [-0.39, 0.29) is 42.1 Å². The summed E-state index contributed by atoms with van der Waals surface area (Å²) in [7, 11) is 0. The molecule has 46 heavy (non-hydrogen) atoms. The van der Waals surface area contributed by atoms with E-state index in [2.05, 4.69) is 10.6 Å². The number of carbonyl (C=O) groups is 3. The van der Waals surface area contributed by atoms with Crippen LogP contribution in [0, 0.1) is 5.92 Å². The number of primary amides is 1. The topological polar surface area (TPSA) is 141 Å². The Morgan fingerprint density at radius 2 is 1.74 bits per heavy atom. The maximum atomic E-state index is 14.8. The van der Waals surface area contributed by atoms with E-state index in [1.807, 2.05) is 57.2 Å². The predicted octanol–water partition coefficient (Wildman–Crippen LogP) is 3.31. The lowest BCUT2D eigenvalue weighted by molar-refractivity contribution is -0.126. The Hall–Kier alpha value is -4.38. The largest absolute Gasteiger partial charge is 0.480 e. The number of amides is 3. The molecule has 11 heteroatoms. The van der Waals surface area contributed by atoms with Gasteiger partial charge in [-0.2, -0.15) is 0 Å². The van der Waals surface area contributed by atoms with Gasteiger partial charge in [0.2, 0.25) is 5.91 Å². The molecule has 2 heterocycles. The monoisotopic (exact) mass is 630 g/mol. The van der Waals surface area contributed by atoms with Crippen molar-refractivity contribution in [1.82, 2.24) is 24.7 Å². The molecule has 5 rings (SSSR count). The molecule has 0 bridgehead atoms. The van der Waals surface area contributed by atoms with E-state index < -0.39 is 12.0 Å². The number of hydrogen-bond donors (Lipinski definition) is 3. The summed E-state index contributed by atoms with van der Waals surface area (Å²) in [4.78, 5) is 55.7. The van der Waals surface area contributed by atoms with Gasteiger partial charge in [-0.05, 0) is 36.5 Å². The molecule has 2 aromatic carbocycles. The zero-order valence-electron chi connectivity index (χ0n) is 27.0. The Balaban J connectivity index is 1.67. The third kappa shape index (κ3) is 7.20. The minimum Gasteiger partial charge on any atom is -0.480 e. The van der Waals surface area contributed by atoms with Gasteiger partial charge in [0.05, 0.1) is 18.3 Å². The van der Waals surface area contributed by atoms with Crippen LogP contribution in [0.4, 0.5) is 0 Å². The van der Waals surface area contributed by atoms with Crippen LogP contribution < -0.4 is 26.8 Å². The summed E-state index contributed by atoms with van der Waals surface area (Å²) in [6.45, 7) is 8.04. The second-order valence-corrected chi connectivity index (χ2v) is 12.6. The van der Waals surface area contributed by atoms with Crippen molar-refractivity contribution < 1.29 is 19.1 Å². The van der Waals surface area contributed by atoms with Gasteiger partial charge in [-0.1, -0.05) is 76.1 Å². The van der Waals surface area contributed by atoms with Crippen LogP contribution in [0.15, 0.2) is 59.4 Å². The van der Waals surface area contributed by atoms with Crippen LogP contribution in [0.5, 0.6) is 5.75 Å². The average molecular weight is 631 g/mol. The molecule has 1 aliphatic heterocycles. The third-order valence-electron chi connectivity index (χ3n) is 8.94. The van der Waals surface area contributed by atoms with Crippen molar-refractivity contribution >= 4 is 17.7 Å². The van der Waals surface area contributed by atoms with Crippen molar-refractivity contribution in [2.45, 2.75) is 77.6 Å². The summed E-state index contributed by atoms with van der Waals surface area (Å²) >= 11 is 0. The summed E-state index contributed by atoms with van der Waals surface area (Å²) in [5, 5.41) is 6.47. The molecule has 0 radical (unpaired) electrons. The summed E-state index contributed by atoms with van der Waals surface area (Å²) in [5.74, 6) is -0.499. The first-order valence-electron chi connectivity index (χ1n) is 16.4. The molecule has 2 aliphatic rings. The van der Waals surface area contributed by atoms with Gasteiger partial charge < -0.3 is 26.0 Å². The van der Waals surface area contributed by atoms with Crippen LogP contribution in [0.25, 0.3) is 11.3 Å². The molecule has 1 saturated heterocycles. The number of piperazine rings is 1. The van der Waals surface area contributed by atoms with Crippen molar-refractivity contribution in [2.24, 2.45) is 11.7 Å². The van der Waals surface area contributed by atoms with Crippen LogP contribution >= 0.6 is 0 Å². The fourth-order valence-electron chi connectivity index (χ4n) is 6.59. The highest BCUT2D eigenvalue weighted by atomic mass is 16.5. The third-order valence-corrected chi connectivity index (χ3v) is 8.94. The van der Waals surface area contributed by atoms with E-state index in [0.29, 0.717) is 56.2 Å². The zero-order valence-corrected chi connectivity index (χ0v) is 27.0. The number of nitrogens with two attached hydrogens (primary N) is 1. The highest BCUT2D eigenvalue weighted by molar-refractivity contribution is 5.99. The van der Waals surface area contributed by atoms with Crippen molar-refractivity contribution in [1.29, 1.82) is 0 Å². The Morgan fingerprint density at radius 1 is 1.02 bits per heavy atom. The lowest BCUT2D eigenvalue weighted by atomic mass is 9.89. The normalized spacial score (nSPS) is 19.1. The molecule has 0 spiro atoms. The van der Waals surface area contributed by atoms with Crippen molar-refractivity contribution in [3.05, 3.63) is 76.3 Å². The molecular formula is C35H46N6O5. The standard InChI is InChI=1S/C35H46N6O5/c1-4-29(42)38-27-15-8-9-16-28(27)41-30(25-12-6-5-7-13-25)31(34(44)39-19-17-37-18-20-39)40(35(41)45)22-24-11-10-14-26(21-24)46-32(23(2)3)33(36)43/h5-7,10-14,21,23,27-28,32,37H,4,8-9,15-20,22H2,1-3H3,(H2,36,43)(H,38,42)/t27-,28?,32?/m0/s1. The highest BCUT2D eigenvalue weighted by Crippen LogP contribution is 2.35. The Bertz CT molecular complexity index is 1590. The van der Waals surface area contributed by atoms with Gasteiger partial charge in [-0.25, -0.2) is 4.79 Å². The minimum absolute atomic E-state index is 0.0600. The number of nitrogens with zero attached hydrogens (tertiary/aromatic N) is 3. The number of rotatable bonds is 11. The smallest absolute Gasteiger partial charge is 0.329 e. The summed E-state index contributed by atoms with van der Waals surface area (Å²) in [6, 6.07) is 16.2. The van der Waals surface area contributed by atoms with Crippen LogP contribution in [0.3, 0.4) is 0 Å². The SMILES string of the molecule is CCC(=O)N[C@H]1CCCCC1n1c(-c2ccccc2)c(C(=O)N2CCNCC2)n(Cc2cccc(OC(C(N)=O)C(C)C)c2)c1=O. The quantitative estimate of drug-likeness (QED) is 0.297. The fraction of sp³-hybridized carbons (Fsp3) is 0.486. The van der Waals surface area contributed by atoms with Crippen LogP contribution in [-0.4, -0.2) is 70.1 Å². The number of hydrogen-bond acceptors (Lipinski definition) is 6. The molecule has 4 N–H and O–H groups in total. The van der Waals surface area contributed by atoms with Gasteiger partial charge in [0.25, 0.3) is 11.8 Å². The van der Waals surface area contributed by atoms with Gasteiger partial charge in [-0.3, -0.25) is 23.5 Å². The lowest BCUT2D eigenvalue weighted by Crippen LogP contribution is -2.47. The Labute approximate surface area is 270 Å². The van der Waals surface area contributed by atoms with Gasteiger partial charge in [0, 0.05) is 44.2 Å². The number of imidazole rings is 1. The van der Waals surface area contributed by atoms with Gasteiger partial charge in [0.1, 0.15) is 11.4 Å². The van der Waals surface area contributed by atoms with Crippen LogP contribution in [-0.2, 0) is 16.1 Å². The minimum atomic E-state index is -0.810. The van der Waals surface area contributed by atoms with E-state index in [4.69, 9.17) is 10.5 Å². The van der Waals surface area contributed by atoms with E-state index in [1.165, 1.54) is 0 Å². The summed E-state index contributed by atoms with van der Waals surface area (Å²) < 4.78 is 9.33. The molecule has 3 amide bonds. The second-order valence-electron chi connectivity index (χ2n) is 12.6. The van der Waals surface area contributed by atoms with Crippen LogP contribution in [0.1, 0.15) is 75.0 Å². The van der Waals surface area contributed by atoms with Crippen molar-refractivity contribution in [3.8, 4) is 17.0 Å². The molecule has 2 unspecified atom stereocenters. The first-order chi connectivity index (χ1) is 22.2. The number of carbonyl (C=O) groups excluding carboxylic acids is 3. The maximum absolute atomic E-state index is 14.8. The molecule has 2 fully saturated rings. The number of aromatic nitrogens is 2. The van der Waals surface area contributed by atoms with E-state index in [9.17, 15) is 19.2 Å². The fourth-order valence-corrected chi connectivity index (χ4v) is 6.59. The molecule has 11 nitrogen and oxygen atoms in total. The number of benzene rings is 2. The maximum Gasteiger partial charge on any atom is 0.329 e. The van der Waals surface area contributed by atoms with Gasteiger partial charge in [-0.15, -0.1) is 0 Å². The molecule has 1 aliphatic carbocycles. The molecule has 3 aromatic rings. The average Bonchev–Trinajstić information content (AvgIpc) is 3.35. The summed E-state index contributed by atoms with van der Waals surface area (Å²) in [6.07, 6.45) is 2.85. The molecular weight excluding hydrogens is 584 g/mol. The van der Waals surface area contributed by atoms with Crippen molar-refractivity contribution in [2.75, 3.05) is 26.2 Å². The Morgan fingerprint density at radius 3 is 2.41 bits per heavy atom. The molecule has 246 valence electrons. The molecule has 3 atom stereocenters. The highest BCUT2D eigenvalue weighted by Gasteiger charge is 2.36. The Kier molecular flexibility index (Phi) is 10.6. The van der Waals surface area contributed by atoms with Crippen molar-refractivity contribution in [3.63, 3.8) is 0 Å². The first-order valence-corrected chi connectivity index (χ1v) is 16.4. The van der Waals surface area contributed by atoms with E-state index in [1.54, 1.807) is 32.2 Å². The first kappa shape index (κ1) is 33.0. The predicted molar refractivity (Wildman–Crippen MR) is 177 cm³/mol. The zero-order chi connectivity index (χ0) is 32.8.